The van der Waals surface area contributed by atoms with E-state index in [0.29, 0.717) is 34.0 Å². The molecule has 3 rings (SSSR count). The summed E-state index contributed by atoms with van der Waals surface area (Å²) >= 11 is 0. The molecule has 0 fully saturated rings. The van der Waals surface area contributed by atoms with Gasteiger partial charge in [-0.2, -0.15) is 0 Å². The Kier molecular flexibility index (Phi) is 11.5. The Morgan fingerprint density at radius 1 is 1.12 bits per heavy atom. The molecule has 33 heavy (non-hydrogen) atoms. The summed E-state index contributed by atoms with van der Waals surface area (Å²) in [6.45, 7) is 0.972. The molecule has 2 aromatic carbocycles. The second kappa shape index (κ2) is 13.8. The molecule has 0 spiro atoms. The van der Waals surface area contributed by atoms with Crippen LogP contribution in [-0.4, -0.2) is 32.5 Å². The molecule has 9 heteroatoms. The Labute approximate surface area is 203 Å². The zero-order valence-electron chi connectivity index (χ0n) is 18.3. The maximum atomic E-state index is 12.2. The summed E-state index contributed by atoms with van der Waals surface area (Å²) < 4.78 is 10.1. The van der Waals surface area contributed by atoms with Gasteiger partial charge in [0.15, 0.2) is 0 Å². The molecule has 0 aromatic heterocycles. The Morgan fingerprint density at radius 3 is 2.42 bits per heavy atom. The van der Waals surface area contributed by atoms with Crippen LogP contribution in [0.15, 0.2) is 83.2 Å². The molecule has 172 valence electrons. The largest absolute Gasteiger partial charge is 3.00 e. The maximum absolute atomic E-state index is 12.2. The number of rotatable bonds is 6. The number of carbonyl (C=O) groups excluding carboxylic acids is 1. The summed E-state index contributed by atoms with van der Waals surface area (Å²) in [7, 11) is 3.04. The Hall–Kier alpha value is -3.52. The molecular formula is C24H23MnN2O6. The summed E-state index contributed by atoms with van der Waals surface area (Å²) in [5.74, 6) is -0.192. The molecule has 0 saturated heterocycles. The first-order chi connectivity index (χ1) is 15.3. The van der Waals surface area contributed by atoms with Gasteiger partial charge in [0, 0.05) is 18.4 Å². The molecule has 0 aliphatic heterocycles. The second-order valence-corrected chi connectivity index (χ2v) is 6.49. The summed E-state index contributed by atoms with van der Waals surface area (Å²) in [6.07, 6.45) is 7.13. The van der Waals surface area contributed by atoms with Gasteiger partial charge in [-0.3, -0.25) is 4.99 Å². The van der Waals surface area contributed by atoms with Gasteiger partial charge in [0.1, 0.15) is 11.5 Å². The average Bonchev–Trinajstić information content (AvgIpc) is 2.77. The molecule has 8 nitrogen and oxygen atoms in total. The molecular weight excluding hydrogens is 467 g/mol. The van der Waals surface area contributed by atoms with Crippen LogP contribution in [0.2, 0.25) is 0 Å². The van der Waals surface area contributed by atoms with Gasteiger partial charge in [0.2, 0.25) is 0 Å². The molecule has 0 saturated carbocycles. The van der Waals surface area contributed by atoms with Crippen LogP contribution in [0.5, 0.6) is 11.5 Å². The third kappa shape index (κ3) is 8.86. The summed E-state index contributed by atoms with van der Waals surface area (Å²) in [4.78, 5) is 13.3. The minimum absolute atomic E-state index is 0. The standard InChI is InChI=1S/C22H21N2O4.C2H4O2.Mn/c1-27-17-9-7-15(21(25)11-17)13-23-19-5-3-4-6-20(19)24-14-16-8-10-18(28-2)12-22(16)26;1-2(3)4;/h3-14,21,23,26H,1-2H3;1H3,(H,3,4);/q-1;;+3/p-2/b15-13-,24-14?;;. The number of carbonyl (C=O) groups is 1. The number of nitrogens with one attached hydrogen (secondary N) is 1. The molecule has 1 aliphatic carbocycles. The van der Waals surface area contributed by atoms with E-state index in [1.165, 1.54) is 32.6 Å². The van der Waals surface area contributed by atoms with Crippen LogP contribution in [0.4, 0.5) is 11.4 Å². The van der Waals surface area contributed by atoms with E-state index in [1.54, 1.807) is 30.5 Å². The minimum atomic E-state index is -1.08. The number of allylic oxidation sites excluding steroid dienone is 1. The molecule has 0 radical (unpaired) electrons. The average molecular weight is 490 g/mol. The number of anilines is 1. The van der Waals surface area contributed by atoms with Crippen LogP contribution in [0.1, 0.15) is 12.5 Å². The zero-order valence-corrected chi connectivity index (χ0v) is 19.5. The third-order valence-corrected chi connectivity index (χ3v) is 4.18. The molecule has 1 atom stereocenters. The summed E-state index contributed by atoms with van der Waals surface area (Å²) in [5, 5.41) is 36.2. The number of carboxylic acids is 1. The van der Waals surface area contributed by atoms with E-state index in [1.807, 2.05) is 24.3 Å². The van der Waals surface area contributed by atoms with Crippen molar-refractivity contribution in [1.82, 2.24) is 0 Å². The Morgan fingerprint density at radius 2 is 1.82 bits per heavy atom. The number of hydrogen-bond donors (Lipinski definition) is 1. The van der Waals surface area contributed by atoms with E-state index in [0.717, 1.165) is 6.92 Å². The first-order valence-electron chi connectivity index (χ1n) is 9.56. The van der Waals surface area contributed by atoms with Crippen LogP contribution >= 0.6 is 0 Å². The topological polar surface area (TPSA) is 129 Å². The van der Waals surface area contributed by atoms with Crippen LogP contribution in [0.3, 0.4) is 0 Å². The minimum Gasteiger partial charge on any atom is -0.872 e. The first kappa shape index (κ1) is 27.5. The summed E-state index contributed by atoms with van der Waals surface area (Å²) in [5.41, 5.74) is 2.40. The predicted octanol–water partition coefficient (Wildman–Crippen LogP) is 1.40. The van der Waals surface area contributed by atoms with E-state index >= 15 is 0 Å². The SMILES string of the molecule is CC(=O)[O-].COC1=CC([O-])/C(=C\Nc2ccccc2N=Cc2ccc(OC)cc2[O-])C=C1.[Mn+3]. The Balaban J connectivity index is 0.00000101. The smallest absolute Gasteiger partial charge is 0.872 e. The van der Waals surface area contributed by atoms with Crippen molar-refractivity contribution in [3.8, 4) is 11.5 Å². The van der Waals surface area contributed by atoms with E-state index in [2.05, 4.69) is 10.3 Å². The molecule has 1 aliphatic rings. The number of methoxy groups -OCH3 is 2. The Bertz CT molecular complexity index is 1060. The summed E-state index contributed by atoms with van der Waals surface area (Å²) in [6, 6.07) is 12.2. The van der Waals surface area contributed by atoms with Gasteiger partial charge in [-0.15, -0.1) is 0 Å². The van der Waals surface area contributed by atoms with Crippen molar-refractivity contribution < 1.29 is 46.7 Å². The van der Waals surface area contributed by atoms with Crippen molar-refractivity contribution in [2.24, 2.45) is 4.99 Å². The van der Waals surface area contributed by atoms with E-state index in [4.69, 9.17) is 19.4 Å². The number of aliphatic imine (C=N–C) groups is 1. The van der Waals surface area contributed by atoms with Gasteiger partial charge < -0.3 is 34.9 Å². The van der Waals surface area contributed by atoms with Crippen molar-refractivity contribution in [3.63, 3.8) is 0 Å². The van der Waals surface area contributed by atoms with Crippen LogP contribution < -0.4 is 25.4 Å². The molecule has 1 unspecified atom stereocenters. The predicted molar refractivity (Wildman–Crippen MR) is 117 cm³/mol. The normalized spacial score (nSPS) is 15.7. The molecule has 1 N–H and O–H groups in total. The van der Waals surface area contributed by atoms with Crippen molar-refractivity contribution in [1.29, 1.82) is 0 Å². The van der Waals surface area contributed by atoms with Gasteiger partial charge in [0.25, 0.3) is 0 Å². The number of carboxylic acid groups (broad SMARTS) is 1. The fourth-order valence-electron chi connectivity index (χ4n) is 2.60. The second-order valence-electron chi connectivity index (χ2n) is 6.49. The zero-order chi connectivity index (χ0) is 23.5. The third-order valence-electron chi connectivity index (χ3n) is 4.18. The van der Waals surface area contributed by atoms with E-state index < -0.39 is 12.1 Å². The van der Waals surface area contributed by atoms with E-state index in [-0.39, 0.29) is 22.8 Å². The number of hydrogen-bond acceptors (Lipinski definition) is 8. The van der Waals surface area contributed by atoms with Gasteiger partial charge in [-0.1, -0.05) is 42.2 Å². The maximum Gasteiger partial charge on any atom is 3.00 e. The number of benzene rings is 2. The number of aliphatic carboxylic acids is 1. The van der Waals surface area contributed by atoms with Crippen molar-refractivity contribution in [2.75, 3.05) is 19.5 Å². The quantitative estimate of drug-likeness (QED) is 0.479. The molecule has 0 amide bonds. The van der Waals surface area contributed by atoms with Crippen molar-refractivity contribution >= 4 is 23.6 Å². The molecule has 0 heterocycles. The number of ether oxygens (including phenoxy) is 2. The molecule has 0 bridgehead atoms. The van der Waals surface area contributed by atoms with Crippen molar-refractivity contribution in [2.45, 2.75) is 13.0 Å². The molecule has 2 aromatic rings. The fourth-order valence-corrected chi connectivity index (χ4v) is 2.60. The van der Waals surface area contributed by atoms with Crippen molar-refractivity contribution in [3.05, 3.63) is 83.8 Å². The van der Waals surface area contributed by atoms with Gasteiger partial charge in [-0.05, 0) is 48.4 Å². The number of para-hydroxylation sites is 2. The van der Waals surface area contributed by atoms with Crippen LogP contribution in [0.25, 0.3) is 0 Å². The van der Waals surface area contributed by atoms with Crippen LogP contribution in [-0.2, 0) is 26.6 Å². The first-order valence-corrected chi connectivity index (χ1v) is 9.56. The van der Waals surface area contributed by atoms with Gasteiger partial charge in [-0.25, -0.2) is 0 Å². The van der Waals surface area contributed by atoms with Gasteiger partial charge >= 0.3 is 17.1 Å². The van der Waals surface area contributed by atoms with Crippen LogP contribution in [0, 0.1) is 0 Å². The van der Waals surface area contributed by atoms with Gasteiger partial charge in [0.05, 0.1) is 25.6 Å². The number of nitrogens with zero attached hydrogens (tertiary/aromatic N) is 1. The van der Waals surface area contributed by atoms with E-state index in [9.17, 15) is 10.2 Å². The fraction of sp³-hybridized carbons (Fsp3) is 0.167. The monoisotopic (exact) mass is 490 g/mol.